The Morgan fingerprint density at radius 1 is 1.24 bits per heavy atom. The van der Waals surface area contributed by atoms with E-state index in [2.05, 4.69) is 0 Å². The van der Waals surface area contributed by atoms with Gasteiger partial charge in [-0.15, -0.1) is 0 Å². The molecule has 0 aromatic heterocycles. The molecule has 0 aromatic rings. The Hall–Kier alpha value is -0.535. The van der Waals surface area contributed by atoms with Gasteiger partial charge in [0.15, 0.2) is 0 Å². The van der Waals surface area contributed by atoms with E-state index in [9.17, 15) is 5.11 Å². The summed E-state index contributed by atoms with van der Waals surface area (Å²) in [6, 6.07) is 0. The van der Waals surface area contributed by atoms with Crippen LogP contribution in [-0.4, -0.2) is 74.8 Å². The number of aliphatic hydroxyl groups excluding tert-OH is 1. The van der Waals surface area contributed by atoms with Crippen LogP contribution in [0.3, 0.4) is 0 Å². The molecule has 0 spiro atoms. The molecule has 0 amide bonds. The van der Waals surface area contributed by atoms with Crippen molar-refractivity contribution in [2.75, 3.05) is 33.9 Å². The molecule has 2 heterocycles. The first-order chi connectivity index (χ1) is 9.93. The summed E-state index contributed by atoms with van der Waals surface area (Å²) >= 11 is 0. The van der Waals surface area contributed by atoms with Crippen molar-refractivity contribution >= 4 is 7.21 Å². The van der Waals surface area contributed by atoms with Crippen molar-refractivity contribution in [3.8, 4) is 0 Å². The van der Waals surface area contributed by atoms with Crippen LogP contribution in [-0.2, 0) is 18.9 Å². The Balaban J connectivity index is 2.26. The monoisotopic (exact) mass is 300 g/mol. The molecule has 0 bridgehead atoms. The van der Waals surface area contributed by atoms with Gasteiger partial charge in [0, 0.05) is 0 Å². The summed E-state index contributed by atoms with van der Waals surface area (Å²) in [7, 11) is 4.43. The maximum absolute atomic E-state index is 9.28. The van der Waals surface area contributed by atoms with E-state index in [1.165, 1.54) is 7.21 Å². The number of ether oxygens (including phenoxy) is 4. The van der Waals surface area contributed by atoms with Crippen molar-refractivity contribution in [2.45, 2.75) is 44.1 Å². The third-order valence-corrected chi connectivity index (χ3v) is 4.74. The number of rotatable bonds is 5. The number of methoxy groups -OCH3 is 2. The van der Waals surface area contributed by atoms with Gasteiger partial charge in [0.2, 0.25) is 0 Å². The average molecular weight is 300 g/mol. The number of hydrogen-bond acceptors (Lipinski definition) is 6. The summed E-state index contributed by atoms with van der Waals surface area (Å²) in [6.07, 6.45) is 0.171. The Morgan fingerprint density at radius 2 is 1.86 bits per heavy atom. The predicted molar refractivity (Wildman–Crippen MR) is 75.8 cm³/mol. The van der Waals surface area contributed by atoms with E-state index in [4.69, 9.17) is 24.3 Å². The molecule has 8 heteroatoms. The van der Waals surface area contributed by atoms with E-state index in [0.29, 0.717) is 19.5 Å². The van der Waals surface area contributed by atoms with Crippen molar-refractivity contribution in [1.29, 1.82) is 5.31 Å². The van der Waals surface area contributed by atoms with Crippen LogP contribution in [0.4, 0.5) is 0 Å². The first-order valence-corrected chi connectivity index (χ1v) is 7.24. The molecule has 2 fully saturated rings. The van der Waals surface area contributed by atoms with Gasteiger partial charge in [-0.05, 0) is 0 Å². The first-order valence-electron chi connectivity index (χ1n) is 7.24. The zero-order chi connectivity index (χ0) is 15.7. The zero-order valence-corrected chi connectivity index (χ0v) is 13.2. The van der Waals surface area contributed by atoms with Crippen LogP contribution in [0.1, 0.15) is 20.3 Å². The third kappa shape index (κ3) is 2.87. The average Bonchev–Trinajstić information content (AvgIpc) is 2.49. The summed E-state index contributed by atoms with van der Waals surface area (Å²) in [5.74, 6) is -1.98. The molecular weight excluding hydrogens is 275 g/mol. The van der Waals surface area contributed by atoms with E-state index in [1.807, 2.05) is 4.81 Å². The van der Waals surface area contributed by atoms with Gasteiger partial charge in [0.05, 0.1) is 0 Å². The molecule has 0 aromatic carbocycles. The van der Waals surface area contributed by atoms with Crippen LogP contribution in [0, 0.1) is 11.2 Å². The quantitative estimate of drug-likeness (QED) is 0.705. The van der Waals surface area contributed by atoms with Gasteiger partial charge in [0.25, 0.3) is 0 Å². The Labute approximate surface area is 126 Å². The normalized spacial score (nSPS) is 43.3. The predicted octanol–water partition coefficient (Wildman–Crippen LogP) is 0.191. The molecule has 2 N–H and O–H groups in total. The molecule has 0 aliphatic carbocycles. The Morgan fingerprint density at radius 3 is 2.38 bits per heavy atom. The molecule has 120 valence electrons. The van der Waals surface area contributed by atoms with Gasteiger partial charge in [-0.2, -0.15) is 0 Å². The molecule has 2 aliphatic rings. The van der Waals surface area contributed by atoms with Crippen molar-refractivity contribution < 1.29 is 24.1 Å². The first kappa shape index (κ1) is 16.8. The number of aliphatic hydroxyl groups is 1. The molecule has 0 unspecified atom stereocenters. The van der Waals surface area contributed by atoms with Crippen molar-refractivity contribution in [1.82, 2.24) is 4.81 Å². The number of fused-ring (bicyclic) bond motifs is 1. The van der Waals surface area contributed by atoms with Crippen LogP contribution >= 0.6 is 0 Å². The molecule has 2 saturated heterocycles. The van der Waals surface area contributed by atoms with Gasteiger partial charge < -0.3 is 0 Å². The van der Waals surface area contributed by atoms with Gasteiger partial charge in [-0.25, -0.2) is 0 Å². The van der Waals surface area contributed by atoms with Gasteiger partial charge in [0.1, 0.15) is 0 Å². The van der Waals surface area contributed by atoms with E-state index >= 15 is 0 Å². The van der Waals surface area contributed by atoms with E-state index < -0.39 is 11.6 Å². The van der Waals surface area contributed by atoms with Crippen molar-refractivity contribution in [3.05, 3.63) is 0 Å². The molecule has 0 radical (unpaired) electrons. The zero-order valence-electron chi connectivity index (χ0n) is 13.2. The maximum atomic E-state index is 9.28. The summed E-state index contributed by atoms with van der Waals surface area (Å²) in [5, 5.41) is 16.7. The second-order valence-corrected chi connectivity index (χ2v) is 5.89. The standard InChI is InChI=1S/C13H25BN2O5/c1-12(18-3)13(2,19-4)21-11-9(5-6-17)7-16(14-15)8-10(11)20-12/h9-11,15,17H,5-8H2,1-4H3/t9-,10+,11+,12-,13-/m0/s1. The summed E-state index contributed by atoms with van der Waals surface area (Å²) in [5.41, 5.74) is 0. The van der Waals surface area contributed by atoms with Crippen molar-refractivity contribution in [2.24, 2.45) is 5.92 Å². The summed E-state index contributed by atoms with van der Waals surface area (Å²) < 4.78 is 23.4. The number of nitrogens with zero attached hydrogens (tertiary/aromatic N) is 1. The fourth-order valence-electron chi connectivity index (χ4n) is 3.15. The van der Waals surface area contributed by atoms with Gasteiger partial charge >= 0.3 is 125 Å². The molecule has 21 heavy (non-hydrogen) atoms. The van der Waals surface area contributed by atoms with Gasteiger partial charge in [-0.3, -0.25) is 0 Å². The molecule has 0 saturated carbocycles. The molecule has 5 atom stereocenters. The van der Waals surface area contributed by atoms with Gasteiger partial charge in [-0.1, -0.05) is 0 Å². The second-order valence-electron chi connectivity index (χ2n) is 5.89. The number of piperidine rings is 1. The molecule has 7 nitrogen and oxygen atoms in total. The summed E-state index contributed by atoms with van der Waals surface area (Å²) in [4.78, 5) is 1.87. The van der Waals surface area contributed by atoms with Crippen LogP contribution in [0.15, 0.2) is 0 Å². The fraction of sp³-hybridized carbons (Fsp3) is 1.00. The second kappa shape index (κ2) is 6.30. The van der Waals surface area contributed by atoms with E-state index in [1.54, 1.807) is 28.1 Å². The summed E-state index contributed by atoms with van der Waals surface area (Å²) in [6.45, 7) is 4.89. The van der Waals surface area contributed by atoms with Crippen molar-refractivity contribution in [3.63, 3.8) is 0 Å². The third-order valence-electron chi connectivity index (χ3n) is 4.74. The number of hydrogen-bond donors (Lipinski definition) is 2. The van der Waals surface area contributed by atoms with Crippen LogP contribution < -0.4 is 0 Å². The van der Waals surface area contributed by atoms with Crippen LogP contribution in [0.2, 0.25) is 0 Å². The topological polar surface area (TPSA) is 84.2 Å². The number of nitrogens with one attached hydrogen (secondary N) is 1. The van der Waals surface area contributed by atoms with E-state index in [0.717, 1.165) is 0 Å². The fourth-order valence-corrected chi connectivity index (χ4v) is 3.15. The van der Waals surface area contributed by atoms with Crippen LogP contribution in [0.25, 0.3) is 0 Å². The molecule has 2 aliphatic heterocycles. The Kier molecular flexibility index (Phi) is 5.05. The van der Waals surface area contributed by atoms with E-state index in [-0.39, 0.29) is 24.7 Å². The SMILES string of the molecule is CO[C@@]1(C)O[C@@H]2[C@@H](CCO)CN(B=N)C[C@H]2O[C@]1(C)OC. The molecular formula is C13H25BN2O5. The minimum atomic E-state index is -1.03. The molecule has 2 rings (SSSR count). The van der Waals surface area contributed by atoms with Crippen LogP contribution in [0.5, 0.6) is 0 Å². The minimum absolute atomic E-state index is 0.0752. The Bertz CT molecular complexity index is 388.